The van der Waals surface area contributed by atoms with Crippen LogP contribution < -0.4 is 10.6 Å². The molecular formula is C20H29N5O. The van der Waals surface area contributed by atoms with E-state index in [1.54, 1.807) is 6.20 Å². The van der Waals surface area contributed by atoms with Crippen LogP contribution in [0.15, 0.2) is 30.5 Å². The van der Waals surface area contributed by atoms with E-state index in [9.17, 15) is 4.79 Å². The van der Waals surface area contributed by atoms with Crippen LogP contribution in [-0.2, 0) is 6.42 Å². The fourth-order valence-electron chi connectivity index (χ4n) is 3.28. The zero-order valence-electron chi connectivity index (χ0n) is 15.7. The van der Waals surface area contributed by atoms with Gasteiger partial charge in [0.25, 0.3) is 5.91 Å². The highest BCUT2D eigenvalue weighted by Gasteiger charge is 2.18. The first kappa shape index (κ1) is 18.6. The molecule has 140 valence electrons. The Morgan fingerprint density at radius 2 is 2.00 bits per heavy atom. The van der Waals surface area contributed by atoms with Crippen molar-refractivity contribution in [3.8, 4) is 0 Å². The van der Waals surface area contributed by atoms with Gasteiger partial charge in [-0.3, -0.25) is 4.79 Å². The van der Waals surface area contributed by atoms with Gasteiger partial charge in [-0.15, -0.1) is 5.10 Å². The van der Waals surface area contributed by atoms with Crippen molar-refractivity contribution in [2.24, 2.45) is 0 Å². The van der Waals surface area contributed by atoms with Crippen LogP contribution in [-0.4, -0.2) is 40.5 Å². The summed E-state index contributed by atoms with van der Waals surface area (Å²) in [6.45, 7) is 7.02. The predicted octanol–water partition coefficient (Wildman–Crippen LogP) is 2.69. The minimum Gasteiger partial charge on any atom is -0.351 e. The van der Waals surface area contributed by atoms with E-state index < -0.39 is 0 Å². The third-order valence-electron chi connectivity index (χ3n) is 5.00. The van der Waals surface area contributed by atoms with E-state index in [1.807, 2.05) is 4.68 Å². The number of nitrogens with zero attached hydrogens (tertiary/aromatic N) is 3. The Morgan fingerprint density at radius 3 is 2.69 bits per heavy atom. The molecule has 26 heavy (non-hydrogen) atoms. The Labute approximate surface area is 155 Å². The van der Waals surface area contributed by atoms with E-state index in [0.29, 0.717) is 24.2 Å². The van der Waals surface area contributed by atoms with E-state index in [2.05, 4.69) is 59.1 Å². The number of hydrogen-bond acceptors (Lipinski definition) is 4. The first-order valence-corrected chi connectivity index (χ1v) is 9.63. The van der Waals surface area contributed by atoms with Gasteiger partial charge in [-0.2, -0.15) is 0 Å². The molecule has 0 saturated carbocycles. The van der Waals surface area contributed by atoms with Crippen LogP contribution in [0.25, 0.3) is 0 Å². The van der Waals surface area contributed by atoms with Crippen molar-refractivity contribution >= 4 is 5.91 Å². The molecule has 1 aromatic heterocycles. The number of rotatable bonds is 7. The number of aryl methyl sites for hydroxylation is 1. The highest BCUT2D eigenvalue weighted by molar-refractivity contribution is 5.91. The Bertz CT molecular complexity index is 701. The van der Waals surface area contributed by atoms with E-state index >= 15 is 0 Å². The molecule has 3 rings (SSSR count). The highest BCUT2D eigenvalue weighted by Crippen LogP contribution is 2.17. The fourth-order valence-corrected chi connectivity index (χ4v) is 3.28. The maximum atomic E-state index is 12.2. The smallest absolute Gasteiger partial charge is 0.273 e. The monoisotopic (exact) mass is 355 g/mol. The number of carbonyl (C=O) groups is 1. The van der Waals surface area contributed by atoms with Crippen LogP contribution >= 0.6 is 0 Å². The fraction of sp³-hybridized carbons (Fsp3) is 0.550. The molecular weight excluding hydrogens is 326 g/mol. The average Bonchev–Trinajstić information content (AvgIpc) is 3.16. The van der Waals surface area contributed by atoms with Crippen molar-refractivity contribution < 1.29 is 4.79 Å². The Kier molecular flexibility index (Phi) is 6.39. The van der Waals surface area contributed by atoms with Crippen LogP contribution in [0, 0.1) is 0 Å². The van der Waals surface area contributed by atoms with E-state index in [-0.39, 0.29) is 5.91 Å². The van der Waals surface area contributed by atoms with E-state index in [1.165, 1.54) is 11.1 Å². The van der Waals surface area contributed by atoms with Crippen LogP contribution in [0.3, 0.4) is 0 Å². The minimum atomic E-state index is -0.139. The molecule has 0 radical (unpaired) electrons. The Balaban J connectivity index is 1.42. The molecule has 1 aliphatic rings. The number of benzene rings is 1. The minimum absolute atomic E-state index is 0.139. The summed E-state index contributed by atoms with van der Waals surface area (Å²) in [5.74, 6) is 0.418. The lowest BCUT2D eigenvalue weighted by molar-refractivity contribution is 0.0948. The van der Waals surface area contributed by atoms with E-state index in [4.69, 9.17) is 0 Å². The highest BCUT2D eigenvalue weighted by atomic mass is 16.2. The first-order valence-electron chi connectivity index (χ1n) is 9.63. The summed E-state index contributed by atoms with van der Waals surface area (Å²) >= 11 is 0. The number of carbonyl (C=O) groups excluding carboxylic acids is 1. The van der Waals surface area contributed by atoms with Crippen LogP contribution in [0.4, 0.5) is 0 Å². The number of nitrogens with one attached hydrogen (secondary N) is 2. The summed E-state index contributed by atoms with van der Waals surface area (Å²) in [5, 5.41) is 14.4. The molecule has 2 N–H and O–H groups in total. The first-order chi connectivity index (χ1) is 12.6. The lowest BCUT2D eigenvalue weighted by Gasteiger charge is -2.22. The van der Waals surface area contributed by atoms with Crippen LogP contribution in [0.5, 0.6) is 0 Å². The molecule has 0 aliphatic carbocycles. The van der Waals surface area contributed by atoms with Crippen molar-refractivity contribution in [2.45, 2.75) is 51.5 Å². The second kappa shape index (κ2) is 8.94. The topological polar surface area (TPSA) is 71.8 Å². The molecule has 0 bridgehead atoms. The third kappa shape index (κ3) is 4.91. The van der Waals surface area contributed by atoms with Gasteiger partial charge in [-0.25, -0.2) is 4.68 Å². The van der Waals surface area contributed by atoms with Crippen molar-refractivity contribution in [3.05, 3.63) is 47.3 Å². The molecule has 6 heteroatoms. The van der Waals surface area contributed by atoms with Crippen molar-refractivity contribution in [3.63, 3.8) is 0 Å². The largest absolute Gasteiger partial charge is 0.351 e. The molecule has 2 heterocycles. The van der Waals surface area contributed by atoms with Gasteiger partial charge in [0.1, 0.15) is 0 Å². The van der Waals surface area contributed by atoms with Gasteiger partial charge in [0.2, 0.25) is 0 Å². The zero-order chi connectivity index (χ0) is 18.4. The summed E-state index contributed by atoms with van der Waals surface area (Å²) in [5.41, 5.74) is 3.07. The summed E-state index contributed by atoms with van der Waals surface area (Å²) in [6.07, 6.45) is 5.70. The standard InChI is InChI=1S/C20H29N5O/c1-15(2)17-7-5-16(6-8-17)4-3-11-22-20(26)19-14-25(24-23-19)18-9-12-21-13-10-18/h5-8,14-15,18,21H,3-4,9-13H2,1-2H3,(H,22,26). The normalized spacial score (nSPS) is 15.3. The summed E-state index contributed by atoms with van der Waals surface area (Å²) in [7, 11) is 0. The summed E-state index contributed by atoms with van der Waals surface area (Å²) < 4.78 is 1.84. The van der Waals surface area contributed by atoms with Gasteiger partial charge in [0.05, 0.1) is 12.2 Å². The molecule has 1 aromatic carbocycles. The zero-order valence-corrected chi connectivity index (χ0v) is 15.7. The Hall–Kier alpha value is -2.21. The maximum Gasteiger partial charge on any atom is 0.273 e. The lowest BCUT2D eigenvalue weighted by Crippen LogP contribution is -2.29. The van der Waals surface area contributed by atoms with Gasteiger partial charge in [-0.1, -0.05) is 43.3 Å². The third-order valence-corrected chi connectivity index (χ3v) is 5.00. The van der Waals surface area contributed by atoms with Gasteiger partial charge >= 0.3 is 0 Å². The van der Waals surface area contributed by atoms with Crippen LogP contribution in [0.1, 0.15) is 66.7 Å². The summed E-state index contributed by atoms with van der Waals surface area (Å²) in [6, 6.07) is 9.10. The number of piperidine rings is 1. The van der Waals surface area contributed by atoms with Crippen LogP contribution in [0.2, 0.25) is 0 Å². The molecule has 2 aromatic rings. The second-order valence-corrected chi connectivity index (χ2v) is 7.32. The maximum absolute atomic E-state index is 12.2. The van der Waals surface area contributed by atoms with E-state index in [0.717, 1.165) is 38.8 Å². The average molecular weight is 355 g/mol. The molecule has 1 fully saturated rings. The Morgan fingerprint density at radius 1 is 1.27 bits per heavy atom. The van der Waals surface area contributed by atoms with Gasteiger partial charge in [-0.05, 0) is 55.8 Å². The number of hydrogen-bond donors (Lipinski definition) is 2. The molecule has 6 nitrogen and oxygen atoms in total. The quantitative estimate of drug-likeness (QED) is 0.749. The molecule has 0 atom stereocenters. The second-order valence-electron chi connectivity index (χ2n) is 7.32. The lowest BCUT2D eigenvalue weighted by atomic mass is 10.0. The van der Waals surface area contributed by atoms with Gasteiger partial charge < -0.3 is 10.6 Å². The van der Waals surface area contributed by atoms with Crippen molar-refractivity contribution in [2.75, 3.05) is 19.6 Å². The summed E-state index contributed by atoms with van der Waals surface area (Å²) in [4.78, 5) is 12.2. The SMILES string of the molecule is CC(C)c1ccc(CCCNC(=O)c2cn(C3CCNCC3)nn2)cc1. The molecule has 0 spiro atoms. The predicted molar refractivity (Wildman–Crippen MR) is 102 cm³/mol. The molecule has 0 unspecified atom stereocenters. The van der Waals surface area contributed by atoms with Crippen molar-refractivity contribution in [1.29, 1.82) is 0 Å². The molecule has 1 aliphatic heterocycles. The van der Waals surface area contributed by atoms with Crippen molar-refractivity contribution in [1.82, 2.24) is 25.6 Å². The number of amides is 1. The molecule has 1 amide bonds. The van der Waals surface area contributed by atoms with Gasteiger partial charge in [0.15, 0.2) is 5.69 Å². The van der Waals surface area contributed by atoms with Gasteiger partial charge in [0, 0.05) is 6.54 Å². The molecule has 1 saturated heterocycles. The number of aromatic nitrogens is 3.